The number of ether oxygens (including phenoxy) is 1. The number of aryl methyl sites for hydroxylation is 1. The maximum atomic E-state index is 11.4. The zero-order chi connectivity index (χ0) is 17.5. The minimum Gasteiger partial charge on any atom is -0.488 e. The van der Waals surface area contributed by atoms with Crippen molar-refractivity contribution in [2.75, 3.05) is 0 Å². The predicted molar refractivity (Wildman–Crippen MR) is 92.9 cm³/mol. The summed E-state index contributed by atoms with van der Waals surface area (Å²) in [5.41, 5.74) is 2.40. The van der Waals surface area contributed by atoms with Gasteiger partial charge in [-0.2, -0.15) is 27.4 Å². The van der Waals surface area contributed by atoms with E-state index in [1.807, 2.05) is 18.2 Å². The summed E-state index contributed by atoms with van der Waals surface area (Å²) in [6.07, 6.45) is 1.87. The minimum atomic E-state index is -3.76. The van der Waals surface area contributed by atoms with E-state index in [1.165, 1.54) is 0 Å². The molecule has 2 aliphatic rings. The van der Waals surface area contributed by atoms with Crippen LogP contribution in [0.4, 0.5) is 5.69 Å². The fourth-order valence-corrected chi connectivity index (χ4v) is 3.75. The standard InChI is InChI=1S/C16H20N4O3S/c1-10-15(11(2)20-24(21,22)19-10)18-17-13-5-6-14-12(9-13)7-8-16(3,4)23-14/h5-6,9,15H,7-8H2,1-4H3. The van der Waals surface area contributed by atoms with Crippen LogP contribution in [0.3, 0.4) is 0 Å². The van der Waals surface area contributed by atoms with E-state index in [4.69, 9.17) is 4.74 Å². The Bertz CT molecular complexity index is 843. The lowest BCUT2D eigenvalue weighted by molar-refractivity contribution is 0.0847. The van der Waals surface area contributed by atoms with E-state index in [9.17, 15) is 8.42 Å². The normalized spacial score (nSPS) is 22.5. The van der Waals surface area contributed by atoms with E-state index in [2.05, 4.69) is 32.9 Å². The summed E-state index contributed by atoms with van der Waals surface area (Å²) in [7, 11) is -3.76. The summed E-state index contributed by atoms with van der Waals surface area (Å²) in [5, 5.41) is 8.45. The molecule has 0 aromatic heterocycles. The molecule has 7 nitrogen and oxygen atoms in total. The largest absolute Gasteiger partial charge is 0.488 e. The third kappa shape index (κ3) is 3.53. The Morgan fingerprint density at radius 3 is 2.54 bits per heavy atom. The summed E-state index contributed by atoms with van der Waals surface area (Å²) in [6.45, 7) is 7.38. The highest BCUT2D eigenvalue weighted by Gasteiger charge is 2.27. The second kappa shape index (κ2) is 5.77. The molecule has 0 unspecified atom stereocenters. The smallest absolute Gasteiger partial charge is 0.362 e. The van der Waals surface area contributed by atoms with Crippen LogP contribution in [0.5, 0.6) is 5.75 Å². The molecule has 0 fully saturated rings. The number of azo groups is 1. The highest BCUT2D eigenvalue weighted by atomic mass is 32.2. The van der Waals surface area contributed by atoms with Crippen LogP contribution >= 0.6 is 0 Å². The van der Waals surface area contributed by atoms with E-state index in [1.54, 1.807) is 13.8 Å². The van der Waals surface area contributed by atoms with Crippen molar-refractivity contribution >= 4 is 27.3 Å². The maximum absolute atomic E-state index is 11.4. The van der Waals surface area contributed by atoms with Gasteiger partial charge in [-0.15, -0.1) is 0 Å². The maximum Gasteiger partial charge on any atom is 0.362 e. The van der Waals surface area contributed by atoms with Gasteiger partial charge in [-0.25, -0.2) is 0 Å². The fourth-order valence-electron chi connectivity index (χ4n) is 2.79. The van der Waals surface area contributed by atoms with E-state index in [-0.39, 0.29) is 5.60 Å². The molecule has 24 heavy (non-hydrogen) atoms. The molecule has 2 aliphatic heterocycles. The molecule has 0 saturated heterocycles. The number of fused-ring (bicyclic) bond motifs is 1. The zero-order valence-electron chi connectivity index (χ0n) is 14.1. The highest BCUT2D eigenvalue weighted by molar-refractivity contribution is 7.89. The van der Waals surface area contributed by atoms with Crippen LogP contribution in [-0.2, 0) is 16.6 Å². The molecule has 3 rings (SSSR count). The SMILES string of the molecule is CC1=NS(=O)(=O)N=C(C)C1N=Nc1ccc2c(c1)CCC(C)(C)O2. The van der Waals surface area contributed by atoms with Gasteiger partial charge in [-0.3, -0.25) is 0 Å². The van der Waals surface area contributed by atoms with Gasteiger partial charge in [0.1, 0.15) is 17.4 Å². The predicted octanol–water partition coefficient (Wildman–Crippen LogP) is 3.42. The summed E-state index contributed by atoms with van der Waals surface area (Å²) >= 11 is 0. The number of benzene rings is 1. The van der Waals surface area contributed by atoms with Crippen LogP contribution in [-0.4, -0.2) is 31.5 Å². The Morgan fingerprint density at radius 1 is 1.21 bits per heavy atom. The van der Waals surface area contributed by atoms with Gasteiger partial charge in [0, 0.05) is 0 Å². The Balaban J connectivity index is 1.83. The average Bonchev–Trinajstić information content (AvgIpc) is 2.44. The number of rotatable bonds is 2. The van der Waals surface area contributed by atoms with Crippen molar-refractivity contribution in [2.45, 2.75) is 52.2 Å². The Hall–Kier alpha value is -2.09. The molecule has 0 aliphatic carbocycles. The van der Waals surface area contributed by atoms with Crippen molar-refractivity contribution in [1.29, 1.82) is 0 Å². The van der Waals surface area contributed by atoms with Gasteiger partial charge in [0.15, 0.2) is 0 Å². The van der Waals surface area contributed by atoms with Gasteiger partial charge >= 0.3 is 10.2 Å². The Labute approximate surface area is 141 Å². The summed E-state index contributed by atoms with van der Waals surface area (Å²) in [4.78, 5) is 0. The topological polar surface area (TPSA) is 92.8 Å². The van der Waals surface area contributed by atoms with Crippen molar-refractivity contribution in [3.05, 3.63) is 23.8 Å². The van der Waals surface area contributed by atoms with E-state index >= 15 is 0 Å². The molecule has 8 heteroatoms. The molecular formula is C16H20N4O3S. The lowest BCUT2D eigenvalue weighted by Crippen LogP contribution is -2.32. The number of hydrogen-bond acceptors (Lipinski definition) is 5. The van der Waals surface area contributed by atoms with Crippen molar-refractivity contribution in [1.82, 2.24) is 0 Å². The van der Waals surface area contributed by atoms with Gasteiger partial charge in [0.05, 0.1) is 17.1 Å². The molecule has 0 atom stereocenters. The third-order valence-corrected chi connectivity index (χ3v) is 5.06. The van der Waals surface area contributed by atoms with Gasteiger partial charge in [-0.1, -0.05) is 0 Å². The zero-order valence-corrected chi connectivity index (χ0v) is 15.0. The fraction of sp³-hybridized carbons (Fsp3) is 0.500. The molecule has 1 aromatic carbocycles. The van der Waals surface area contributed by atoms with E-state index in [0.29, 0.717) is 17.1 Å². The second-order valence-electron chi connectivity index (χ2n) is 6.68. The van der Waals surface area contributed by atoms with E-state index < -0.39 is 16.3 Å². The minimum absolute atomic E-state index is 0.148. The van der Waals surface area contributed by atoms with Crippen LogP contribution < -0.4 is 4.74 Å². The molecule has 1 aromatic rings. The van der Waals surface area contributed by atoms with Crippen LogP contribution in [0.1, 0.15) is 39.7 Å². The quantitative estimate of drug-likeness (QED) is 0.766. The lowest BCUT2D eigenvalue weighted by Gasteiger charge is -2.32. The second-order valence-corrected chi connectivity index (χ2v) is 7.95. The molecule has 0 radical (unpaired) electrons. The van der Waals surface area contributed by atoms with Crippen LogP contribution in [0, 0.1) is 0 Å². The first-order valence-corrected chi connectivity index (χ1v) is 9.16. The first kappa shape index (κ1) is 16.8. The molecular weight excluding hydrogens is 328 g/mol. The summed E-state index contributed by atoms with van der Waals surface area (Å²) < 4.78 is 36.0. The summed E-state index contributed by atoms with van der Waals surface area (Å²) in [6, 6.07) is 5.15. The van der Waals surface area contributed by atoms with Crippen molar-refractivity contribution in [2.24, 2.45) is 19.0 Å². The average molecular weight is 348 g/mol. The van der Waals surface area contributed by atoms with Crippen LogP contribution in [0.25, 0.3) is 0 Å². The van der Waals surface area contributed by atoms with Gasteiger partial charge in [0.25, 0.3) is 0 Å². The highest BCUT2D eigenvalue weighted by Crippen LogP contribution is 2.35. The summed E-state index contributed by atoms with van der Waals surface area (Å²) in [5.74, 6) is 0.879. The van der Waals surface area contributed by atoms with Gasteiger partial charge in [-0.05, 0) is 64.3 Å². The molecule has 2 heterocycles. The van der Waals surface area contributed by atoms with Gasteiger partial charge in [0.2, 0.25) is 0 Å². The molecule has 0 N–H and O–H groups in total. The van der Waals surface area contributed by atoms with Crippen molar-refractivity contribution < 1.29 is 13.2 Å². The number of hydrogen-bond donors (Lipinski definition) is 0. The molecule has 0 saturated carbocycles. The van der Waals surface area contributed by atoms with Crippen LogP contribution in [0.2, 0.25) is 0 Å². The first-order valence-electron chi connectivity index (χ1n) is 7.76. The first-order chi connectivity index (χ1) is 11.2. The molecule has 128 valence electrons. The third-order valence-electron chi connectivity index (χ3n) is 4.03. The molecule has 0 amide bonds. The lowest BCUT2D eigenvalue weighted by atomic mass is 9.94. The van der Waals surface area contributed by atoms with Crippen molar-refractivity contribution in [3.63, 3.8) is 0 Å². The van der Waals surface area contributed by atoms with Crippen LogP contribution in [0.15, 0.2) is 37.2 Å². The molecule has 0 spiro atoms. The Kier molecular flexibility index (Phi) is 4.03. The van der Waals surface area contributed by atoms with Gasteiger partial charge < -0.3 is 4.74 Å². The number of nitrogens with zero attached hydrogens (tertiary/aromatic N) is 4. The Morgan fingerprint density at radius 2 is 1.88 bits per heavy atom. The van der Waals surface area contributed by atoms with E-state index in [0.717, 1.165) is 24.2 Å². The van der Waals surface area contributed by atoms with Crippen molar-refractivity contribution in [3.8, 4) is 5.75 Å². The molecule has 0 bridgehead atoms. The monoisotopic (exact) mass is 348 g/mol.